The van der Waals surface area contributed by atoms with Crippen molar-refractivity contribution in [1.82, 2.24) is 0 Å². The van der Waals surface area contributed by atoms with Crippen molar-refractivity contribution >= 4 is 14.1 Å². The Hall–Kier alpha value is -2.52. The maximum Gasteiger partial charge on any atom is 0.258 e. The zero-order valence-corrected chi connectivity index (χ0v) is 21.3. The molecule has 0 aliphatic heterocycles. The van der Waals surface area contributed by atoms with Crippen molar-refractivity contribution in [2.45, 2.75) is 82.8 Å². The van der Waals surface area contributed by atoms with Gasteiger partial charge in [0.15, 0.2) is 11.5 Å². The molecule has 1 aliphatic rings. The standard InChI is InChI=1S/C26H35NO4Si/c1-17(2)32(18(3)4,19(5)6)31-25-13-22-21(12-24(25)29-7)14-26(22,16-27)10-8-23(28)20-9-11-30-15-20/h9,11-13,15,17-19H,8,10,14H2,1-7H3. The van der Waals surface area contributed by atoms with Crippen molar-refractivity contribution in [3.05, 3.63) is 47.4 Å². The van der Waals surface area contributed by atoms with Crippen LogP contribution in [0.3, 0.4) is 0 Å². The molecule has 0 saturated carbocycles. The molecule has 0 fully saturated rings. The van der Waals surface area contributed by atoms with Gasteiger partial charge in [-0.3, -0.25) is 4.79 Å². The first-order valence-electron chi connectivity index (χ1n) is 11.5. The molecule has 172 valence electrons. The third-order valence-corrected chi connectivity index (χ3v) is 13.2. The Balaban J connectivity index is 1.94. The quantitative estimate of drug-likeness (QED) is 0.291. The summed E-state index contributed by atoms with van der Waals surface area (Å²) in [6.07, 6.45) is 4.36. The van der Waals surface area contributed by atoms with Crippen LogP contribution in [0.4, 0.5) is 0 Å². The maximum absolute atomic E-state index is 12.5. The van der Waals surface area contributed by atoms with E-state index in [2.05, 4.69) is 47.6 Å². The minimum Gasteiger partial charge on any atom is -0.540 e. The Kier molecular flexibility index (Phi) is 6.90. The average molecular weight is 454 g/mol. The first kappa shape index (κ1) is 24.1. The molecule has 1 aromatic heterocycles. The van der Waals surface area contributed by atoms with Crippen LogP contribution in [0.25, 0.3) is 0 Å². The first-order chi connectivity index (χ1) is 15.1. The summed E-state index contributed by atoms with van der Waals surface area (Å²) in [5, 5.41) is 10.1. The normalized spacial score (nSPS) is 17.8. The van der Waals surface area contributed by atoms with Crippen molar-refractivity contribution in [2.75, 3.05) is 7.11 Å². The van der Waals surface area contributed by atoms with Crippen LogP contribution in [0.2, 0.25) is 16.6 Å². The third-order valence-electron chi connectivity index (χ3n) is 7.23. The molecule has 0 N–H and O–H groups in total. The summed E-state index contributed by atoms with van der Waals surface area (Å²) in [6, 6.07) is 8.20. The van der Waals surface area contributed by atoms with Gasteiger partial charge < -0.3 is 13.6 Å². The van der Waals surface area contributed by atoms with Gasteiger partial charge in [0, 0.05) is 6.42 Å². The highest BCUT2D eigenvalue weighted by Gasteiger charge is 2.49. The van der Waals surface area contributed by atoms with Gasteiger partial charge in [-0.05, 0) is 58.8 Å². The van der Waals surface area contributed by atoms with E-state index in [1.807, 2.05) is 12.1 Å². The molecular weight excluding hydrogens is 418 g/mol. The molecule has 2 aromatic rings. The molecule has 0 amide bonds. The van der Waals surface area contributed by atoms with E-state index in [0.717, 1.165) is 22.6 Å². The molecule has 0 spiro atoms. The third kappa shape index (κ3) is 3.99. The van der Waals surface area contributed by atoms with E-state index in [1.165, 1.54) is 12.5 Å². The molecule has 0 radical (unpaired) electrons. The number of benzene rings is 1. The van der Waals surface area contributed by atoms with Gasteiger partial charge in [-0.2, -0.15) is 5.26 Å². The van der Waals surface area contributed by atoms with Crippen molar-refractivity contribution in [1.29, 1.82) is 5.26 Å². The fraction of sp³-hybridized carbons (Fsp3) is 0.538. The number of ketones is 1. The van der Waals surface area contributed by atoms with Crippen LogP contribution < -0.4 is 9.16 Å². The molecule has 1 atom stereocenters. The lowest BCUT2D eigenvalue weighted by Crippen LogP contribution is -2.51. The van der Waals surface area contributed by atoms with Crippen LogP contribution in [0, 0.1) is 11.3 Å². The maximum atomic E-state index is 12.5. The van der Waals surface area contributed by atoms with E-state index in [4.69, 9.17) is 13.6 Å². The topological polar surface area (TPSA) is 72.5 Å². The van der Waals surface area contributed by atoms with Crippen LogP contribution in [-0.2, 0) is 11.8 Å². The second-order valence-corrected chi connectivity index (χ2v) is 15.3. The van der Waals surface area contributed by atoms with Crippen molar-refractivity contribution in [3.8, 4) is 17.6 Å². The number of carbonyl (C=O) groups is 1. The van der Waals surface area contributed by atoms with Gasteiger partial charge in [0.25, 0.3) is 8.32 Å². The fourth-order valence-electron chi connectivity index (χ4n) is 5.56. The van der Waals surface area contributed by atoms with Crippen LogP contribution in [0.1, 0.15) is 75.9 Å². The minimum absolute atomic E-state index is 0.00217. The summed E-state index contributed by atoms with van der Waals surface area (Å²) in [5.74, 6) is 1.45. The minimum atomic E-state index is -2.19. The number of fused-ring (bicyclic) bond motifs is 1. The Bertz CT molecular complexity index is 982. The van der Waals surface area contributed by atoms with Gasteiger partial charge in [-0.1, -0.05) is 41.5 Å². The van der Waals surface area contributed by atoms with Gasteiger partial charge in [-0.25, -0.2) is 0 Å². The van der Waals surface area contributed by atoms with E-state index in [1.54, 1.807) is 13.2 Å². The average Bonchev–Trinajstić information content (AvgIpc) is 3.27. The molecule has 3 rings (SSSR count). The van der Waals surface area contributed by atoms with Crippen molar-refractivity contribution < 1.29 is 18.4 Å². The predicted molar refractivity (Wildman–Crippen MR) is 128 cm³/mol. The number of rotatable bonds is 10. The van der Waals surface area contributed by atoms with Crippen LogP contribution in [-0.4, -0.2) is 21.2 Å². The summed E-state index contributed by atoms with van der Waals surface area (Å²) in [5.41, 5.74) is 3.21. The molecule has 1 unspecified atom stereocenters. The number of hydrogen-bond donors (Lipinski definition) is 0. The molecule has 5 nitrogen and oxygen atoms in total. The van der Waals surface area contributed by atoms with Gasteiger partial charge in [0.1, 0.15) is 12.0 Å². The summed E-state index contributed by atoms with van der Waals surface area (Å²) < 4.78 is 17.6. The second-order valence-electron chi connectivity index (χ2n) is 9.89. The number of nitriles is 1. The summed E-state index contributed by atoms with van der Waals surface area (Å²) in [6.45, 7) is 13.5. The van der Waals surface area contributed by atoms with E-state index < -0.39 is 13.7 Å². The zero-order valence-electron chi connectivity index (χ0n) is 20.3. The SMILES string of the molecule is COc1cc2c(cc1O[Si](C(C)C)(C(C)C)C(C)C)C(C#N)(CCC(=O)c1ccoc1)C2. The van der Waals surface area contributed by atoms with Crippen LogP contribution >= 0.6 is 0 Å². The summed E-state index contributed by atoms with van der Waals surface area (Å²) in [4.78, 5) is 12.5. The Labute approximate surface area is 192 Å². The highest BCUT2D eigenvalue weighted by atomic mass is 28.4. The van der Waals surface area contributed by atoms with E-state index in [9.17, 15) is 10.1 Å². The molecule has 6 heteroatoms. The Morgan fingerprint density at radius 3 is 2.31 bits per heavy atom. The van der Waals surface area contributed by atoms with E-state index >= 15 is 0 Å². The number of nitrogens with zero attached hydrogens (tertiary/aromatic N) is 1. The van der Waals surface area contributed by atoms with E-state index in [0.29, 0.717) is 41.4 Å². The van der Waals surface area contributed by atoms with Crippen LogP contribution in [0.15, 0.2) is 35.1 Å². The molecule has 0 saturated heterocycles. The van der Waals surface area contributed by atoms with Crippen LogP contribution in [0.5, 0.6) is 11.5 Å². The number of furan rings is 1. The van der Waals surface area contributed by atoms with Crippen molar-refractivity contribution in [2.24, 2.45) is 0 Å². The molecule has 1 aromatic carbocycles. The Morgan fingerprint density at radius 1 is 1.16 bits per heavy atom. The number of hydrogen-bond acceptors (Lipinski definition) is 5. The molecular formula is C26H35NO4Si. The van der Waals surface area contributed by atoms with Gasteiger partial charge in [0.05, 0.1) is 30.4 Å². The summed E-state index contributed by atoms with van der Waals surface area (Å²) in [7, 11) is -0.525. The van der Waals surface area contributed by atoms with Gasteiger partial charge >= 0.3 is 0 Å². The summed E-state index contributed by atoms with van der Waals surface area (Å²) >= 11 is 0. The molecule has 1 heterocycles. The zero-order chi connectivity index (χ0) is 23.7. The van der Waals surface area contributed by atoms with Gasteiger partial charge in [0.2, 0.25) is 0 Å². The molecule has 0 bridgehead atoms. The number of carbonyl (C=O) groups excluding carboxylic acids is 1. The predicted octanol–water partition coefficient (Wildman–Crippen LogP) is 6.82. The first-order valence-corrected chi connectivity index (χ1v) is 13.6. The number of ether oxygens (including phenoxy) is 1. The number of methoxy groups -OCH3 is 1. The fourth-order valence-corrected chi connectivity index (χ4v) is 10.8. The smallest absolute Gasteiger partial charge is 0.258 e. The lowest BCUT2D eigenvalue weighted by atomic mass is 9.62. The molecule has 32 heavy (non-hydrogen) atoms. The monoisotopic (exact) mass is 453 g/mol. The van der Waals surface area contributed by atoms with E-state index in [-0.39, 0.29) is 5.78 Å². The number of Topliss-reactive ketones (excluding diaryl/α,β-unsaturated/α-hetero) is 1. The largest absolute Gasteiger partial charge is 0.540 e. The molecule has 1 aliphatic carbocycles. The highest BCUT2D eigenvalue weighted by molar-refractivity contribution is 6.78. The van der Waals surface area contributed by atoms with Crippen molar-refractivity contribution in [3.63, 3.8) is 0 Å². The lowest BCUT2D eigenvalue weighted by molar-refractivity contribution is 0.0971. The highest BCUT2D eigenvalue weighted by Crippen LogP contribution is 2.51. The van der Waals surface area contributed by atoms with Gasteiger partial charge in [-0.15, -0.1) is 0 Å². The second kappa shape index (κ2) is 9.15. The Morgan fingerprint density at radius 2 is 1.81 bits per heavy atom. The lowest BCUT2D eigenvalue weighted by Gasteiger charge is -2.44.